The molecular weight excluding hydrogens is 292 g/mol. The molecule has 2 aromatic rings. The summed E-state index contributed by atoms with van der Waals surface area (Å²) >= 11 is 6.94. The molecular formula is C10H11BrN2S2. The fourth-order valence-electron chi connectivity index (χ4n) is 1.39. The van der Waals surface area contributed by atoms with Crippen LogP contribution in [0.3, 0.4) is 0 Å². The van der Waals surface area contributed by atoms with Crippen LogP contribution in [0.2, 0.25) is 0 Å². The van der Waals surface area contributed by atoms with Crippen molar-refractivity contribution in [2.24, 2.45) is 5.84 Å². The fourth-order valence-corrected chi connectivity index (χ4v) is 3.68. The number of hydrazine groups is 1. The normalized spacial score (nSPS) is 12.9. The van der Waals surface area contributed by atoms with Gasteiger partial charge in [-0.2, -0.15) is 0 Å². The van der Waals surface area contributed by atoms with Crippen LogP contribution in [-0.2, 0) is 6.42 Å². The van der Waals surface area contributed by atoms with Gasteiger partial charge in [0.25, 0.3) is 0 Å². The summed E-state index contributed by atoms with van der Waals surface area (Å²) in [6.07, 6.45) is 0.938. The summed E-state index contributed by atoms with van der Waals surface area (Å²) in [6.45, 7) is 0. The van der Waals surface area contributed by atoms with Gasteiger partial charge in [-0.25, -0.2) is 0 Å². The highest BCUT2D eigenvalue weighted by molar-refractivity contribution is 9.10. The zero-order valence-electron chi connectivity index (χ0n) is 7.94. The van der Waals surface area contributed by atoms with Gasteiger partial charge < -0.3 is 0 Å². The highest BCUT2D eigenvalue weighted by atomic mass is 79.9. The molecule has 80 valence electrons. The van der Waals surface area contributed by atoms with Crippen LogP contribution < -0.4 is 11.3 Å². The lowest BCUT2D eigenvalue weighted by molar-refractivity contribution is 0.564. The molecule has 2 aromatic heterocycles. The summed E-state index contributed by atoms with van der Waals surface area (Å²) in [5.41, 5.74) is 2.86. The Kier molecular flexibility index (Phi) is 3.93. The third-order valence-electron chi connectivity index (χ3n) is 2.11. The summed E-state index contributed by atoms with van der Waals surface area (Å²) < 4.78 is 1.14. The van der Waals surface area contributed by atoms with Gasteiger partial charge in [-0.15, -0.1) is 22.7 Å². The van der Waals surface area contributed by atoms with E-state index in [0.717, 1.165) is 10.9 Å². The van der Waals surface area contributed by atoms with Crippen LogP contribution in [0, 0.1) is 0 Å². The zero-order chi connectivity index (χ0) is 10.7. The van der Waals surface area contributed by atoms with Gasteiger partial charge in [-0.05, 0) is 33.4 Å². The van der Waals surface area contributed by atoms with Crippen molar-refractivity contribution in [3.8, 4) is 0 Å². The average Bonchev–Trinajstić information content (AvgIpc) is 2.85. The molecule has 2 rings (SSSR count). The van der Waals surface area contributed by atoms with Gasteiger partial charge in [0.2, 0.25) is 0 Å². The quantitative estimate of drug-likeness (QED) is 0.672. The van der Waals surface area contributed by atoms with Crippen molar-refractivity contribution in [3.05, 3.63) is 43.2 Å². The van der Waals surface area contributed by atoms with Crippen molar-refractivity contribution in [1.29, 1.82) is 0 Å². The average molecular weight is 303 g/mol. The molecule has 5 heteroatoms. The summed E-state index contributed by atoms with van der Waals surface area (Å²) in [4.78, 5) is 2.61. The van der Waals surface area contributed by atoms with Crippen LogP contribution in [-0.4, -0.2) is 0 Å². The van der Waals surface area contributed by atoms with E-state index < -0.39 is 0 Å². The Labute approximate surface area is 105 Å². The van der Waals surface area contributed by atoms with Gasteiger partial charge in [-0.1, -0.05) is 6.07 Å². The molecule has 0 spiro atoms. The first-order chi connectivity index (χ1) is 7.29. The third-order valence-corrected chi connectivity index (χ3v) is 4.82. The predicted octanol–water partition coefficient (Wildman–Crippen LogP) is 3.32. The van der Waals surface area contributed by atoms with Gasteiger partial charge in [0, 0.05) is 26.0 Å². The van der Waals surface area contributed by atoms with E-state index in [0.29, 0.717) is 0 Å². The minimum Gasteiger partial charge on any atom is -0.271 e. The summed E-state index contributed by atoms with van der Waals surface area (Å²) in [7, 11) is 0. The van der Waals surface area contributed by atoms with E-state index in [-0.39, 0.29) is 6.04 Å². The number of hydrogen-bond acceptors (Lipinski definition) is 4. The number of nitrogens with two attached hydrogens (primary N) is 1. The van der Waals surface area contributed by atoms with Crippen molar-refractivity contribution in [2.45, 2.75) is 12.5 Å². The van der Waals surface area contributed by atoms with E-state index in [1.165, 1.54) is 9.75 Å². The summed E-state index contributed by atoms with van der Waals surface area (Å²) in [5.74, 6) is 5.57. The van der Waals surface area contributed by atoms with E-state index >= 15 is 0 Å². The van der Waals surface area contributed by atoms with Crippen molar-refractivity contribution >= 4 is 38.6 Å². The SMILES string of the molecule is NNC(Cc1cc(Br)cs1)c1cccs1. The standard InChI is InChI=1S/C10H11BrN2S2/c11-7-4-8(15-6-7)5-9(13-12)10-2-1-3-14-10/h1-4,6,9,13H,5,12H2. The van der Waals surface area contributed by atoms with Crippen LogP contribution in [0.15, 0.2) is 33.4 Å². The Morgan fingerprint density at radius 1 is 1.47 bits per heavy atom. The number of hydrogen-bond donors (Lipinski definition) is 2. The van der Waals surface area contributed by atoms with Crippen molar-refractivity contribution in [3.63, 3.8) is 0 Å². The van der Waals surface area contributed by atoms with Crippen LogP contribution in [0.5, 0.6) is 0 Å². The molecule has 2 nitrogen and oxygen atoms in total. The molecule has 0 saturated carbocycles. The molecule has 2 heterocycles. The second-order valence-corrected chi connectivity index (χ2v) is 6.06. The largest absolute Gasteiger partial charge is 0.271 e. The molecule has 0 saturated heterocycles. The minimum atomic E-state index is 0.218. The smallest absolute Gasteiger partial charge is 0.0601 e. The van der Waals surface area contributed by atoms with E-state index in [4.69, 9.17) is 5.84 Å². The molecule has 0 aliphatic heterocycles. The first-order valence-corrected chi connectivity index (χ1v) is 7.07. The maximum atomic E-state index is 5.57. The fraction of sp³-hybridized carbons (Fsp3) is 0.200. The maximum Gasteiger partial charge on any atom is 0.0601 e. The van der Waals surface area contributed by atoms with Gasteiger partial charge in [0.15, 0.2) is 0 Å². The predicted molar refractivity (Wildman–Crippen MR) is 70.1 cm³/mol. The lowest BCUT2D eigenvalue weighted by Gasteiger charge is -2.12. The maximum absolute atomic E-state index is 5.57. The Bertz CT molecular complexity index is 411. The lowest BCUT2D eigenvalue weighted by atomic mass is 10.1. The number of nitrogens with one attached hydrogen (secondary N) is 1. The van der Waals surface area contributed by atoms with Crippen molar-refractivity contribution in [1.82, 2.24) is 5.43 Å². The van der Waals surface area contributed by atoms with E-state index in [2.05, 4.69) is 50.3 Å². The second kappa shape index (κ2) is 5.23. The van der Waals surface area contributed by atoms with Crippen LogP contribution in [0.4, 0.5) is 0 Å². The molecule has 15 heavy (non-hydrogen) atoms. The topological polar surface area (TPSA) is 38.0 Å². The molecule has 3 N–H and O–H groups in total. The monoisotopic (exact) mass is 302 g/mol. The Morgan fingerprint density at radius 2 is 2.33 bits per heavy atom. The Hall–Kier alpha value is -0.200. The zero-order valence-corrected chi connectivity index (χ0v) is 11.2. The van der Waals surface area contributed by atoms with Gasteiger partial charge in [-0.3, -0.25) is 11.3 Å². The molecule has 0 aliphatic carbocycles. The third kappa shape index (κ3) is 2.89. The molecule has 0 amide bonds. The van der Waals surface area contributed by atoms with Crippen LogP contribution in [0.1, 0.15) is 15.8 Å². The first kappa shape index (κ1) is 11.3. The highest BCUT2D eigenvalue weighted by Crippen LogP contribution is 2.27. The Morgan fingerprint density at radius 3 is 2.87 bits per heavy atom. The van der Waals surface area contributed by atoms with Crippen molar-refractivity contribution < 1.29 is 0 Å². The van der Waals surface area contributed by atoms with E-state index in [9.17, 15) is 0 Å². The molecule has 0 radical (unpaired) electrons. The number of halogens is 1. The molecule has 0 aliphatic rings. The second-order valence-electron chi connectivity index (χ2n) is 3.17. The highest BCUT2D eigenvalue weighted by Gasteiger charge is 2.12. The van der Waals surface area contributed by atoms with E-state index in [1.54, 1.807) is 22.7 Å². The molecule has 1 unspecified atom stereocenters. The molecule has 1 atom stereocenters. The molecule has 0 bridgehead atoms. The molecule has 0 fully saturated rings. The van der Waals surface area contributed by atoms with E-state index in [1.807, 2.05) is 0 Å². The molecule has 0 aromatic carbocycles. The lowest BCUT2D eigenvalue weighted by Crippen LogP contribution is -2.28. The van der Waals surface area contributed by atoms with Crippen molar-refractivity contribution in [2.75, 3.05) is 0 Å². The van der Waals surface area contributed by atoms with Gasteiger partial charge in [0.05, 0.1) is 6.04 Å². The number of thiophene rings is 2. The first-order valence-electron chi connectivity index (χ1n) is 4.52. The van der Waals surface area contributed by atoms with Crippen LogP contribution in [0.25, 0.3) is 0 Å². The summed E-state index contributed by atoms with van der Waals surface area (Å²) in [6, 6.07) is 6.52. The minimum absolute atomic E-state index is 0.218. The number of rotatable bonds is 4. The summed E-state index contributed by atoms with van der Waals surface area (Å²) in [5, 5.41) is 4.17. The van der Waals surface area contributed by atoms with Gasteiger partial charge >= 0.3 is 0 Å². The Balaban J connectivity index is 2.09. The van der Waals surface area contributed by atoms with Gasteiger partial charge in [0.1, 0.15) is 0 Å². The van der Waals surface area contributed by atoms with Crippen LogP contribution >= 0.6 is 38.6 Å².